The number of benzene rings is 1. The smallest absolute Gasteiger partial charge is 0.145 e. The SMILES string of the molecule is N#Cc1cccc(CNC2CCC2)c1F. The minimum Gasteiger partial charge on any atom is -0.310 e. The van der Waals surface area contributed by atoms with Crippen LogP contribution in [0, 0.1) is 17.1 Å². The molecule has 1 N–H and O–H groups in total. The first-order valence-electron chi connectivity index (χ1n) is 5.22. The second-order valence-corrected chi connectivity index (χ2v) is 3.90. The lowest BCUT2D eigenvalue weighted by Gasteiger charge is -2.26. The Bertz CT molecular complexity index is 391. The molecule has 0 unspecified atom stereocenters. The number of rotatable bonds is 3. The van der Waals surface area contributed by atoms with Crippen LogP contribution in [0.2, 0.25) is 0 Å². The van der Waals surface area contributed by atoms with Gasteiger partial charge in [0.15, 0.2) is 0 Å². The summed E-state index contributed by atoms with van der Waals surface area (Å²) >= 11 is 0. The first kappa shape index (κ1) is 10.1. The maximum Gasteiger partial charge on any atom is 0.145 e. The molecule has 0 heterocycles. The fourth-order valence-corrected chi connectivity index (χ4v) is 1.67. The van der Waals surface area contributed by atoms with E-state index in [1.54, 1.807) is 12.1 Å². The van der Waals surface area contributed by atoms with Gasteiger partial charge in [-0.15, -0.1) is 0 Å². The first-order valence-corrected chi connectivity index (χ1v) is 5.22. The minimum absolute atomic E-state index is 0.128. The van der Waals surface area contributed by atoms with Crippen molar-refractivity contribution >= 4 is 0 Å². The molecule has 0 aromatic heterocycles. The van der Waals surface area contributed by atoms with Gasteiger partial charge in [-0.1, -0.05) is 18.6 Å². The van der Waals surface area contributed by atoms with E-state index in [0.29, 0.717) is 18.2 Å². The van der Waals surface area contributed by atoms with Crippen LogP contribution in [-0.2, 0) is 6.54 Å². The molecule has 3 heteroatoms. The molecule has 1 fully saturated rings. The summed E-state index contributed by atoms with van der Waals surface area (Å²) in [5.74, 6) is -0.383. The fourth-order valence-electron chi connectivity index (χ4n) is 1.67. The minimum atomic E-state index is -0.383. The Labute approximate surface area is 88.7 Å². The van der Waals surface area contributed by atoms with Gasteiger partial charge in [0.1, 0.15) is 11.9 Å². The Morgan fingerprint density at radius 2 is 2.27 bits per heavy atom. The van der Waals surface area contributed by atoms with Crippen LogP contribution in [0.5, 0.6) is 0 Å². The van der Waals surface area contributed by atoms with Crippen LogP contribution in [0.15, 0.2) is 18.2 Å². The first-order chi connectivity index (χ1) is 7.31. The Morgan fingerprint density at radius 3 is 2.87 bits per heavy atom. The third-order valence-electron chi connectivity index (χ3n) is 2.89. The van der Waals surface area contributed by atoms with Crippen molar-refractivity contribution in [1.82, 2.24) is 5.32 Å². The van der Waals surface area contributed by atoms with Gasteiger partial charge in [-0.25, -0.2) is 4.39 Å². The standard InChI is InChI=1S/C12H13FN2/c13-12-9(7-14)3-1-4-10(12)8-15-11-5-2-6-11/h1,3-4,11,15H,2,5-6,8H2. The van der Waals surface area contributed by atoms with E-state index < -0.39 is 0 Å². The molecule has 1 saturated carbocycles. The summed E-state index contributed by atoms with van der Waals surface area (Å²) in [6.45, 7) is 0.520. The van der Waals surface area contributed by atoms with Gasteiger partial charge in [0.2, 0.25) is 0 Å². The molecule has 2 rings (SSSR count). The van der Waals surface area contributed by atoms with E-state index in [1.807, 2.05) is 6.07 Å². The van der Waals surface area contributed by atoms with Gasteiger partial charge in [0.25, 0.3) is 0 Å². The summed E-state index contributed by atoms with van der Waals surface area (Å²) in [5, 5.41) is 11.9. The summed E-state index contributed by atoms with van der Waals surface area (Å²) in [5.41, 5.74) is 0.712. The number of hydrogen-bond donors (Lipinski definition) is 1. The highest BCUT2D eigenvalue weighted by atomic mass is 19.1. The molecule has 0 saturated heterocycles. The van der Waals surface area contributed by atoms with E-state index in [0.717, 1.165) is 0 Å². The molecule has 1 aliphatic carbocycles. The normalized spacial score (nSPS) is 15.7. The highest BCUT2D eigenvalue weighted by Crippen LogP contribution is 2.19. The quantitative estimate of drug-likeness (QED) is 0.820. The number of hydrogen-bond acceptors (Lipinski definition) is 2. The van der Waals surface area contributed by atoms with Gasteiger partial charge in [-0.3, -0.25) is 0 Å². The maximum absolute atomic E-state index is 13.6. The number of halogens is 1. The Kier molecular flexibility index (Phi) is 2.98. The van der Waals surface area contributed by atoms with Gasteiger partial charge < -0.3 is 5.32 Å². The van der Waals surface area contributed by atoms with Crippen molar-refractivity contribution in [2.45, 2.75) is 31.8 Å². The van der Waals surface area contributed by atoms with E-state index in [1.165, 1.54) is 25.3 Å². The van der Waals surface area contributed by atoms with E-state index in [2.05, 4.69) is 5.32 Å². The van der Waals surface area contributed by atoms with Crippen molar-refractivity contribution in [2.75, 3.05) is 0 Å². The molecule has 0 spiro atoms. The van der Waals surface area contributed by atoms with Crippen molar-refractivity contribution in [3.8, 4) is 6.07 Å². The Morgan fingerprint density at radius 1 is 1.47 bits per heavy atom. The molecule has 1 aliphatic rings. The summed E-state index contributed by atoms with van der Waals surface area (Å²) in [6, 6.07) is 7.33. The molecule has 0 amide bonds. The molecule has 78 valence electrons. The van der Waals surface area contributed by atoms with E-state index in [9.17, 15) is 4.39 Å². The summed E-state index contributed by atoms with van der Waals surface area (Å²) in [4.78, 5) is 0. The van der Waals surface area contributed by atoms with Crippen LogP contribution in [-0.4, -0.2) is 6.04 Å². The molecule has 0 aliphatic heterocycles. The lowest BCUT2D eigenvalue weighted by molar-refractivity contribution is 0.336. The zero-order valence-corrected chi connectivity index (χ0v) is 8.46. The van der Waals surface area contributed by atoms with Crippen LogP contribution < -0.4 is 5.32 Å². The average Bonchev–Trinajstić information content (AvgIpc) is 2.18. The molecular weight excluding hydrogens is 191 g/mol. The molecule has 1 aromatic rings. The van der Waals surface area contributed by atoms with Crippen molar-refractivity contribution in [1.29, 1.82) is 5.26 Å². The number of nitrogens with zero attached hydrogens (tertiary/aromatic N) is 1. The predicted molar refractivity (Wildman–Crippen MR) is 55.6 cm³/mol. The highest BCUT2D eigenvalue weighted by Gasteiger charge is 2.17. The monoisotopic (exact) mass is 204 g/mol. The maximum atomic E-state index is 13.6. The van der Waals surface area contributed by atoms with Crippen molar-refractivity contribution in [2.24, 2.45) is 0 Å². The summed E-state index contributed by atoms with van der Waals surface area (Å²) in [7, 11) is 0. The molecule has 15 heavy (non-hydrogen) atoms. The third-order valence-corrected chi connectivity index (χ3v) is 2.89. The largest absolute Gasteiger partial charge is 0.310 e. The van der Waals surface area contributed by atoms with Gasteiger partial charge >= 0.3 is 0 Å². The second kappa shape index (κ2) is 4.41. The average molecular weight is 204 g/mol. The van der Waals surface area contributed by atoms with Gasteiger partial charge in [-0.05, 0) is 18.9 Å². The van der Waals surface area contributed by atoms with Crippen LogP contribution in [0.4, 0.5) is 4.39 Å². The molecule has 0 radical (unpaired) electrons. The molecule has 1 aromatic carbocycles. The Hall–Kier alpha value is -1.40. The van der Waals surface area contributed by atoms with Crippen LogP contribution in [0.25, 0.3) is 0 Å². The van der Waals surface area contributed by atoms with Crippen molar-refractivity contribution in [3.63, 3.8) is 0 Å². The van der Waals surface area contributed by atoms with Crippen molar-refractivity contribution < 1.29 is 4.39 Å². The van der Waals surface area contributed by atoms with Crippen molar-refractivity contribution in [3.05, 3.63) is 35.1 Å². The van der Waals surface area contributed by atoms with Crippen LogP contribution in [0.1, 0.15) is 30.4 Å². The van der Waals surface area contributed by atoms with Gasteiger partial charge in [-0.2, -0.15) is 5.26 Å². The van der Waals surface area contributed by atoms with Gasteiger partial charge in [0, 0.05) is 18.2 Å². The zero-order valence-electron chi connectivity index (χ0n) is 8.46. The van der Waals surface area contributed by atoms with Gasteiger partial charge in [0.05, 0.1) is 5.56 Å². The molecular formula is C12H13FN2. The van der Waals surface area contributed by atoms with Crippen LogP contribution in [0.3, 0.4) is 0 Å². The molecule has 0 atom stereocenters. The topological polar surface area (TPSA) is 35.8 Å². The number of nitriles is 1. The van der Waals surface area contributed by atoms with E-state index in [4.69, 9.17) is 5.26 Å². The molecule has 2 nitrogen and oxygen atoms in total. The highest BCUT2D eigenvalue weighted by molar-refractivity contribution is 5.34. The van der Waals surface area contributed by atoms with E-state index in [-0.39, 0.29) is 11.4 Å². The Balaban J connectivity index is 2.04. The summed E-state index contributed by atoms with van der Waals surface area (Å²) < 4.78 is 13.6. The van der Waals surface area contributed by atoms with Crippen LogP contribution >= 0.6 is 0 Å². The lowest BCUT2D eigenvalue weighted by atomic mass is 9.93. The fraction of sp³-hybridized carbons (Fsp3) is 0.417. The second-order valence-electron chi connectivity index (χ2n) is 3.90. The third kappa shape index (κ3) is 2.16. The van der Waals surface area contributed by atoms with E-state index >= 15 is 0 Å². The predicted octanol–water partition coefficient (Wildman–Crippen LogP) is 2.34. The molecule has 0 bridgehead atoms. The lowest BCUT2D eigenvalue weighted by Crippen LogP contribution is -2.34. The zero-order chi connectivity index (χ0) is 10.7. The summed E-state index contributed by atoms with van der Waals surface area (Å²) in [6.07, 6.45) is 3.62. The number of nitrogens with one attached hydrogen (secondary N) is 1.